The molecule has 6 fully saturated rings. The van der Waals surface area contributed by atoms with Crippen LogP contribution in [0.1, 0.15) is 98.7 Å². The lowest BCUT2D eigenvalue weighted by Gasteiger charge is -2.62. The monoisotopic (exact) mass is 909 g/mol. The molecule has 5 aliphatic heterocycles. The molecule has 0 radical (unpaired) electrons. The molecule has 3 atom stereocenters. The molecule has 1 aromatic heterocycles. The van der Waals surface area contributed by atoms with Crippen molar-refractivity contribution in [3.8, 4) is 0 Å². The van der Waals surface area contributed by atoms with Gasteiger partial charge in [0.1, 0.15) is 5.69 Å². The molecule has 66 heavy (non-hydrogen) atoms. The van der Waals surface area contributed by atoms with Crippen molar-refractivity contribution in [2.24, 2.45) is 0 Å². The molecule has 10 rings (SSSR count). The summed E-state index contributed by atoms with van der Waals surface area (Å²) >= 11 is 0. The zero-order valence-corrected chi connectivity index (χ0v) is 38.4. The van der Waals surface area contributed by atoms with Gasteiger partial charge in [-0.25, -0.2) is 0 Å². The van der Waals surface area contributed by atoms with Gasteiger partial charge in [-0.05, 0) is 80.4 Å². The van der Waals surface area contributed by atoms with Gasteiger partial charge in [-0.1, -0.05) is 98.5 Å². The number of hydrogen-bond donors (Lipinski definition) is 1. The van der Waals surface area contributed by atoms with Gasteiger partial charge in [-0.3, -0.25) is 34.2 Å². The molecule has 354 valence electrons. The van der Waals surface area contributed by atoms with Gasteiger partial charge in [-0.15, -0.1) is 0 Å². The fraction of sp³-hybridized carbons (Fsp3) is 0.566. The third-order valence-electron chi connectivity index (χ3n) is 16.2. The van der Waals surface area contributed by atoms with E-state index in [9.17, 15) is 9.59 Å². The van der Waals surface area contributed by atoms with Crippen molar-refractivity contribution < 1.29 is 32.2 Å². The van der Waals surface area contributed by atoms with Crippen LogP contribution in [0.25, 0.3) is 0 Å². The second kappa shape index (κ2) is 19.8. The van der Waals surface area contributed by atoms with E-state index >= 15 is 13.2 Å². The van der Waals surface area contributed by atoms with E-state index in [4.69, 9.17) is 9.47 Å². The van der Waals surface area contributed by atoms with Crippen LogP contribution in [-0.2, 0) is 27.4 Å². The molecule has 0 amide bonds. The van der Waals surface area contributed by atoms with E-state index in [-0.39, 0.29) is 30.1 Å². The fourth-order valence-electron chi connectivity index (χ4n) is 12.8. The van der Waals surface area contributed by atoms with Crippen LogP contribution in [0.2, 0.25) is 0 Å². The molecule has 4 saturated heterocycles. The van der Waals surface area contributed by atoms with E-state index in [1.54, 1.807) is 6.20 Å². The summed E-state index contributed by atoms with van der Waals surface area (Å²) in [6.45, 7) is 8.99. The number of hydrogen-bond acceptors (Lipinski definition) is 10. The quantitative estimate of drug-likeness (QED) is 0.159. The predicted molar refractivity (Wildman–Crippen MR) is 249 cm³/mol. The third kappa shape index (κ3) is 9.45. The number of ketones is 1. The van der Waals surface area contributed by atoms with Crippen LogP contribution < -0.4 is 5.32 Å². The normalized spacial score (nSPS) is 29.5. The molecule has 2 aromatic carbocycles. The van der Waals surface area contributed by atoms with Crippen molar-refractivity contribution in [3.05, 3.63) is 126 Å². The number of pyridine rings is 1. The average Bonchev–Trinajstić information content (AvgIpc) is 4.01. The maximum atomic E-state index is 15.2. The lowest BCUT2D eigenvalue weighted by molar-refractivity contribution is -0.248. The van der Waals surface area contributed by atoms with Crippen molar-refractivity contribution in [1.82, 2.24) is 29.9 Å². The summed E-state index contributed by atoms with van der Waals surface area (Å²) in [7, 11) is 0. The van der Waals surface area contributed by atoms with Gasteiger partial charge in [0.2, 0.25) is 5.78 Å². The van der Waals surface area contributed by atoms with Crippen molar-refractivity contribution >= 4 is 12.1 Å². The van der Waals surface area contributed by atoms with Gasteiger partial charge in [0, 0.05) is 91.3 Å². The number of alkyl halides is 3. The molecule has 3 unspecified atom stereocenters. The molecule has 10 nitrogen and oxygen atoms in total. The van der Waals surface area contributed by atoms with Gasteiger partial charge in [0.25, 0.3) is 0 Å². The minimum atomic E-state index is -4.59. The van der Waals surface area contributed by atoms with Crippen molar-refractivity contribution in [1.29, 1.82) is 0 Å². The zero-order chi connectivity index (χ0) is 45.7. The molecule has 6 heterocycles. The lowest BCUT2D eigenvalue weighted by atomic mass is 9.64. The topological polar surface area (TPSA) is 90.5 Å². The van der Waals surface area contributed by atoms with Crippen LogP contribution in [0.3, 0.4) is 0 Å². The first kappa shape index (κ1) is 46.9. The van der Waals surface area contributed by atoms with Gasteiger partial charge < -0.3 is 14.8 Å². The van der Waals surface area contributed by atoms with E-state index in [1.807, 2.05) is 36.4 Å². The van der Waals surface area contributed by atoms with E-state index in [0.29, 0.717) is 51.2 Å². The minimum Gasteiger partial charge on any atom is -0.375 e. The Balaban J connectivity index is 0.000000167. The second-order valence-corrected chi connectivity index (χ2v) is 20.0. The number of halogens is 3. The first-order chi connectivity index (χ1) is 32.0. The van der Waals surface area contributed by atoms with Crippen LogP contribution in [0.5, 0.6) is 0 Å². The maximum Gasteiger partial charge on any atom is 0.416 e. The summed E-state index contributed by atoms with van der Waals surface area (Å²) in [5.74, 6) is 0.194. The summed E-state index contributed by atoms with van der Waals surface area (Å²) in [6.07, 6.45) is 12.0. The van der Waals surface area contributed by atoms with Crippen molar-refractivity contribution in [2.45, 2.75) is 124 Å². The highest BCUT2D eigenvalue weighted by Crippen LogP contribution is 2.55. The van der Waals surface area contributed by atoms with E-state index in [0.717, 1.165) is 90.6 Å². The zero-order valence-electron chi connectivity index (χ0n) is 38.4. The predicted octanol–water partition coefficient (Wildman–Crippen LogP) is 8.15. The van der Waals surface area contributed by atoms with Crippen molar-refractivity contribution in [3.63, 3.8) is 0 Å². The van der Waals surface area contributed by atoms with Crippen LogP contribution in [0, 0.1) is 0 Å². The largest absolute Gasteiger partial charge is 0.416 e. The molecule has 2 saturated carbocycles. The van der Waals surface area contributed by atoms with Crippen LogP contribution >= 0.6 is 0 Å². The number of nitrogens with zero attached hydrogens (tertiary/aromatic N) is 5. The number of benzene rings is 2. The number of dihydropyridines is 1. The lowest BCUT2D eigenvalue weighted by Crippen LogP contribution is -2.79. The van der Waals surface area contributed by atoms with Crippen LogP contribution in [0.4, 0.5) is 13.2 Å². The number of allylic oxidation sites excluding steroid dienone is 3. The summed E-state index contributed by atoms with van der Waals surface area (Å²) in [5, 5.41) is 2.69. The standard InChI is InChI=1S/C27H34F3N3O2.C26H33N3O2/c28-27(29,30)26(12-6-9-23(20-34)31-26)25(13-18-35-24(21-25)10-4-5-11-24)33-16-14-32(15-17-33)19-22-7-2-1-3-8-22;30-24(23-10-4-7-14-27-23)26(13-19-31-25(21-26)11-5-6-12-25)29-17-15-28(16-18-29)20-22-8-2-1-3-9-22/h1-3,6-9,12,20,31H,4-5,10-11,13-19,21H2;1-4,7-10,14H,5-6,11-13,15-21H2. The Bertz CT molecular complexity index is 2150. The summed E-state index contributed by atoms with van der Waals surface area (Å²) in [6, 6.07) is 26.5. The molecule has 2 spiro atoms. The molecule has 2 aliphatic carbocycles. The molecular formula is C53H67F3N6O4. The first-order valence-electron chi connectivity index (χ1n) is 24.5. The summed E-state index contributed by atoms with van der Waals surface area (Å²) in [4.78, 5) is 39.4. The van der Waals surface area contributed by atoms with Crippen LogP contribution in [-0.4, -0.2) is 136 Å². The van der Waals surface area contributed by atoms with E-state index in [2.05, 4.69) is 72.4 Å². The Hall–Kier alpha value is -4.24. The highest BCUT2D eigenvalue weighted by molar-refractivity contribution is 6.02. The van der Waals surface area contributed by atoms with Crippen molar-refractivity contribution in [2.75, 3.05) is 65.6 Å². The van der Waals surface area contributed by atoms with Gasteiger partial charge in [0.05, 0.1) is 28.0 Å². The number of nitrogens with one attached hydrogen (secondary N) is 1. The number of Topliss-reactive ketones (excluding diaryl/α,β-unsaturated/α-hetero) is 1. The third-order valence-corrected chi connectivity index (χ3v) is 16.2. The van der Waals surface area contributed by atoms with Gasteiger partial charge in [-0.2, -0.15) is 13.2 Å². The Kier molecular flexibility index (Phi) is 14.0. The second-order valence-electron chi connectivity index (χ2n) is 20.0. The molecular weight excluding hydrogens is 842 g/mol. The Labute approximate surface area is 388 Å². The number of ether oxygens (including phenoxy) is 2. The molecule has 13 heteroatoms. The number of rotatable bonds is 10. The highest BCUT2D eigenvalue weighted by atomic mass is 19.4. The van der Waals surface area contributed by atoms with Gasteiger partial charge in [0.15, 0.2) is 11.8 Å². The number of aldehydes is 1. The fourth-order valence-corrected chi connectivity index (χ4v) is 12.8. The van der Waals surface area contributed by atoms with E-state index in [1.165, 1.54) is 42.2 Å². The number of aromatic nitrogens is 1. The molecule has 1 N–H and O–H groups in total. The molecule has 3 aromatic rings. The van der Waals surface area contributed by atoms with E-state index < -0.39 is 28.4 Å². The van der Waals surface area contributed by atoms with Gasteiger partial charge >= 0.3 is 6.18 Å². The summed E-state index contributed by atoms with van der Waals surface area (Å²) < 4.78 is 58.2. The number of piperazine rings is 2. The smallest absolute Gasteiger partial charge is 0.375 e. The SMILES string of the molecule is O=C(c1ccccn1)C1(N2CCN(Cc3ccccc3)CC2)CCOC2(CCCC2)C1.O=CC1=CC=CC(C(F)(F)F)(C2(N3CCN(Cc4ccccc4)CC3)CCOC3(CCCC3)C2)N1. The summed E-state index contributed by atoms with van der Waals surface area (Å²) in [5.41, 5.74) is -1.61. The Morgan fingerprint density at radius 2 is 1.20 bits per heavy atom. The molecule has 7 aliphatic rings. The molecule has 0 bridgehead atoms. The highest BCUT2D eigenvalue weighted by Gasteiger charge is 2.70. The minimum absolute atomic E-state index is 0.0288. The first-order valence-corrected chi connectivity index (χ1v) is 24.5. The Morgan fingerprint density at radius 3 is 1.73 bits per heavy atom. The maximum absolute atomic E-state index is 15.2. The van der Waals surface area contributed by atoms with Crippen LogP contribution in [0.15, 0.2) is 109 Å². The average molecular weight is 909 g/mol. The number of carbonyl (C=O) groups excluding carboxylic acids is 2. The Morgan fingerprint density at radius 1 is 0.667 bits per heavy atom. The number of carbonyl (C=O) groups is 2.